The second kappa shape index (κ2) is 16.8. The highest BCUT2D eigenvalue weighted by molar-refractivity contribution is 6.03. The van der Waals surface area contributed by atoms with E-state index in [1.165, 1.54) is 25.3 Å². The van der Waals surface area contributed by atoms with Gasteiger partial charge in [0.05, 0.1) is 62.7 Å². The Morgan fingerprint density at radius 3 is 2.12 bits per heavy atom. The molecule has 59 heavy (non-hydrogen) atoms. The molecule has 3 saturated heterocycles. The monoisotopic (exact) mass is 804 g/mol. The first kappa shape index (κ1) is 40.5. The summed E-state index contributed by atoms with van der Waals surface area (Å²) in [7, 11) is 2.66. The van der Waals surface area contributed by atoms with Crippen molar-refractivity contribution in [2.24, 2.45) is 22.7 Å². The van der Waals surface area contributed by atoms with Crippen LogP contribution < -0.4 is 5.32 Å². The van der Waals surface area contributed by atoms with E-state index >= 15 is 0 Å². The Morgan fingerprint density at radius 1 is 0.814 bits per heavy atom. The number of imidazole rings is 1. The molecule has 6 heterocycles. The quantitative estimate of drug-likeness (QED) is 0.177. The standard InChI is InChI=1S/C46H56N6O7/c1-25(2)32(22-39(53)57-5)44(54)51-19-7-9-35(51)33-21-29(23-47-33)27-11-13-28(14-12-27)30-15-16-31(41-38-18-17-37(59-38)40(30)41)34-24-48-43(49-34)36-10-8-20-52(36)45(55)42(26(3)4)50-46(56)58-6/h11-16,23-26,32,35-38,42H,7-10,17-22H2,1-6H3,(H,48,49)(H,50,56)/t32-,35-,36-,37?,38?,42+/m0/s1. The summed E-state index contributed by atoms with van der Waals surface area (Å²) >= 11 is 0. The lowest BCUT2D eigenvalue weighted by Gasteiger charge is -2.30. The number of likely N-dealkylation sites (tertiary alicyclic amines) is 2. The Balaban J connectivity index is 0.982. The number of esters is 1. The number of nitrogens with zero attached hydrogens (tertiary/aromatic N) is 4. The number of alkyl carbamates (subject to hydrolysis) is 1. The second-order valence-corrected chi connectivity index (χ2v) is 17.3. The number of methoxy groups -OCH3 is 2. The Bertz CT molecular complexity index is 2170. The van der Waals surface area contributed by atoms with Crippen LogP contribution in [0.3, 0.4) is 0 Å². The van der Waals surface area contributed by atoms with Gasteiger partial charge in [-0.05, 0) is 83.8 Å². The third-order valence-corrected chi connectivity index (χ3v) is 13.1. The summed E-state index contributed by atoms with van der Waals surface area (Å²) in [5, 5.41) is 2.73. The number of aromatic amines is 1. The van der Waals surface area contributed by atoms with E-state index in [0.717, 1.165) is 83.6 Å². The van der Waals surface area contributed by atoms with Crippen molar-refractivity contribution in [2.45, 2.75) is 109 Å². The molecule has 0 saturated carbocycles. The maximum Gasteiger partial charge on any atom is 0.407 e. The van der Waals surface area contributed by atoms with Gasteiger partial charge in [0.15, 0.2) is 0 Å². The van der Waals surface area contributed by atoms with Crippen LogP contribution in [0.15, 0.2) is 53.8 Å². The number of ether oxygens (including phenoxy) is 3. The molecule has 1 aromatic heterocycles. The fourth-order valence-electron chi connectivity index (χ4n) is 9.87. The van der Waals surface area contributed by atoms with Crippen molar-refractivity contribution in [3.63, 3.8) is 0 Å². The van der Waals surface area contributed by atoms with Crippen LogP contribution in [0.25, 0.3) is 28.0 Å². The van der Waals surface area contributed by atoms with Crippen LogP contribution in [0.1, 0.15) is 120 Å². The average Bonchev–Trinajstić information content (AvgIpc) is 4.10. The molecule has 2 N–H and O–H groups in total. The molecule has 3 fully saturated rings. The maximum absolute atomic E-state index is 13.7. The predicted molar refractivity (Wildman–Crippen MR) is 223 cm³/mol. The molecule has 13 heteroatoms. The number of nitrogens with one attached hydrogen (secondary N) is 2. The van der Waals surface area contributed by atoms with Crippen LogP contribution in [0, 0.1) is 17.8 Å². The first-order valence-corrected chi connectivity index (χ1v) is 21.2. The number of allylic oxidation sites excluding steroid dienone is 1. The van der Waals surface area contributed by atoms with Gasteiger partial charge in [-0.15, -0.1) is 0 Å². The van der Waals surface area contributed by atoms with Crippen LogP contribution in [0.4, 0.5) is 4.79 Å². The predicted octanol–water partition coefficient (Wildman–Crippen LogP) is 7.71. The number of fused-ring (bicyclic) bond motifs is 5. The molecular weight excluding hydrogens is 749 g/mol. The zero-order valence-corrected chi connectivity index (χ0v) is 35.0. The molecular formula is C46H56N6O7. The molecule has 0 spiro atoms. The van der Waals surface area contributed by atoms with Gasteiger partial charge in [0.2, 0.25) is 11.8 Å². The first-order valence-electron chi connectivity index (χ1n) is 21.2. The minimum Gasteiger partial charge on any atom is -0.469 e. The van der Waals surface area contributed by atoms with Gasteiger partial charge < -0.3 is 34.3 Å². The van der Waals surface area contributed by atoms with E-state index in [4.69, 9.17) is 24.2 Å². The van der Waals surface area contributed by atoms with Gasteiger partial charge in [-0.25, -0.2) is 9.78 Å². The van der Waals surface area contributed by atoms with Gasteiger partial charge >= 0.3 is 12.1 Å². The highest BCUT2D eigenvalue weighted by atomic mass is 16.5. The number of benzene rings is 2. The third kappa shape index (κ3) is 7.69. The summed E-state index contributed by atoms with van der Waals surface area (Å²) in [4.78, 5) is 68.7. The normalized spacial score (nSPS) is 23.1. The van der Waals surface area contributed by atoms with Gasteiger partial charge in [0.25, 0.3) is 0 Å². The second-order valence-electron chi connectivity index (χ2n) is 17.3. The van der Waals surface area contributed by atoms with E-state index in [1.54, 1.807) is 0 Å². The van der Waals surface area contributed by atoms with Gasteiger partial charge in [-0.2, -0.15) is 0 Å². The lowest BCUT2D eigenvalue weighted by molar-refractivity contribution is -0.148. The molecule has 6 atom stereocenters. The Labute approximate surface area is 346 Å². The van der Waals surface area contributed by atoms with Gasteiger partial charge in [-0.3, -0.25) is 19.4 Å². The number of H-pyrrole nitrogens is 1. The molecule has 5 aliphatic rings. The summed E-state index contributed by atoms with van der Waals surface area (Å²) in [5.74, 6) is -0.250. The van der Waals surface area contributed by atoms with Gasteiger partial charge in [0.1, 0.15) is 11.9 Å². The van der Waals surface area contributed by atoms with Crippen molar-refractivity contribution < 1.29 is 33.4 Å². The lowest BCUT2D eigenvalue weighted by atomic mass is 9.82. The number of aromatic nitrogens is 2. The van der Waals surface area contributed by atoms with Crippen LogP contribution in [0.5, 0.6) is 0 Å². The summed E-state index contributed by atoms with van der Waals surface area (Å²) in [6.45, 7) is 9.06. The molecule has 0 radical (unpaired) electrons. The molecule has 2 aromatic carbocycles. The number of hydrogen-bond donors (Lipinski definition) is 2. The molecule has 13 nitrogen and oxygen atoms in total. The Hall–Kier alpha value is -5.30. The molecule has 3 aromatic rings. The molecule has 312 valence electrons. The SMILES string of the molecule is COC(=O)C[C@H](C(=O)N1CCC[C@H]1C1=NC=C(c2ccc(-c3ccc(-c4cnc([C@@H]5CCCN5C(=O)[C@H](NC(=O)OC)C(C)C)[nH]4)c4c3C3CCC4O3)cc2)C1)C(C)C. The van der Waals surface area contributed by atoms with E-state index in [9.17, 15) is 19.2 Å². The number of hydrogen-bond acceptors (Lipinski definition) is 9. The van der Waals surface area contributed by atoms with Crippen molar-refractivity contribution in [1.29, 1.82) is 0 Å². The summed E-state index contributed by atoms with van der Waals surface area (Å²) in [5.41, 5.74) is 9.92. The Morgan fingerprint density at radius 2 is 1.46 bits per heavy atom. The number of amides is 3. The summed E-state index contributed by atoms with van der Waals surface area (Å²) < 4.78 is 16.3. The highest BCUT2D eigenvalue weighted by Gasteiger charge is 2.43. The largest absolute Gasteiger partial charge is 0.469 e. The van der Waals surface area contributed by atoms with Crippen molar-refractivity contribution in [3.05, 3.63) is 71.3 Å². The first-order chi connectivity index (χ1) is 28.5. The van der Waals surface area contributed by atoms with Crippen LogP contribution in [0.2, 0.25) is 0 Å². The number of carbonyl (C=O) groups is 4. The lowest BCUT2D eigenvalue weighted by Crippen LogP contribution is -2.51. The number of carbonyl (C=O) groups excluding carboxylic acids is 4. The van der Waals surface area contributed by atoms with Crippen molar-refractivity contribution >= 4 is 35.2 Å². The number of rotatable bonds is 12. The van der Waals surface area contributed by atoms with Crippen molar-refractivity contribution in [2.75, 3.05) is 27.3 Å². The van der Waals surface area contributed by atoms with E-state index in [1.807, 2.05) is 49.9 Å². The van der Waals surface area contributed by atoms with E-state index in [2.05, 4.69) is 46.7 Å². The van der Waals surface area contributed by atoms with E-state index in [0.29, 0.717) is 19.5 Å². The maximum atomic E-state index is 13.7. The van der Waals surface area contributed by atoms with Crippen LogP contribution in [-0.2, 0) is 28.6 Å². The summed E-state index contributed by atoms with van der Waals surface area (Å²) in [6, 6.07) is 12.1. The molecule has 3 amide bonds. The zero-order valence-electron chi connectivity index (χ0n) is 35.0. The molecule has 0 aliphatic carbocycles. The van der Waals surface area contributed by atoms with E-state index < -0.39 is 18.1 Å². The van der Waals surface area contributed by atoms with Gasteiger partial charge in [-0.1, -0.05) is 64.1 Å². The van der Waals surface area contributed by atoms with Gasteiger partial charge in [0, 0.05) is 37.0 Å². The Kier molecular flexibility index (Phi) is 11.5. The molecule has 8 rings (SSSR count). The molecule has 2 unspecified atom stereocenters. The zero-order chi connectivity index (χ0) is 41.5. The summed E-state index contributed by atoms with van der Waals surface area (Å²) in [6.07, 6.45) is 9.35. The average molecular weight is 805 g/mol. The number of aliphatic imine (C=N–C) groups is 1. The van der Waals surface area contributed by atoms with Crippen LogP contribution >= 0.6 is 0 Å². The molecule has 2 bridgehead atoms. The van der Waals surface area contributed by atoms with Crippen LogP contribution in [-0.4, -0.2) is 88.7 Å². The highest BCUT2D eigenvalue weighted by Crippen LogP contribution is 2.56. The fraction of sp³-hybridized carbons (Fsp3) is 0.522. The third-order valence-electron chi connectivity index (χ3n) is 13.1. The van der Waals surface area contributed by atoms with E-state index in [-0.39, 0.29) is 60.3 Å². The smallest absolute Gasteiger partial charge is 0.407 e. The minimum absolute atomic E-state index is 0.00857. The minimum atomic E-state index is -0.695. The van der Waals surface area contributed by atoms with Crippen molar-refractivity contribution in [3.8, 4) is 22.4 Å². The molecule has 5 aliphatic heterocycles. The topological polar surface area (TPSA) is 156 Å². The fourth-order valence-corrected chi connectivity index (χ4v) is 9.87. The van der Waals surface area contributed by atoms with Crippen molar-refractivity contribution in [1.82, 2.24) is 25.1 Å².